The largest absolute Gasteiger partial charge is 0.335 e. The van der Waals surface area contributed by atoms with Gasteiger partial charge in [0.25, 0.3) is 0 Å². The molecule has 1 saturated carbocycles. The third kappa shape index (κ3) is 5.65. The van der Waals surface area contributed by atoms with Crippen molar-refractivity contribution in [3.8, 4) is 0 Å². The predicted octanol–water partition coefficient (Wildman–Crippen LogP) is -0.355. The van der Waals surface area contributed by atoms with Gasteiger partial charge >= 0.3 is 6.03 Å². The molecule has 6 nitrogen and oxygen atoms in total. The van der Waals surface area contributed by atoms with E-state index in [1.165, 1.54) is 0 Å². The number of nitrogens with one attached hydrogen (secondary N) is 2. The highest BCUT2D eigenvalue weighted by molar-refractivity contribution is 5.95. The van der Waals surface area contributed by atoms with E-state index in [1.54, 1.807) is 11.9 Å². The van der Waals surface area contributed by atoms with Crippen LogP contribution in [0, 0.1) is 0 Å². The van der Waals surface area contributed by atoms with Gasteiger partial charge in [0.15, 0.2) is 0 Å². The van der Waals surface area contributed by atoms with Crippen molar-refractivity contribution in [2.24, 2.45) is 5.73 Å². The monoisotopic (exact) mass is 242 g/mol. The Morgan fingerprint density at radius 3 is 2.59 bits per heavy atom. The molecule has 0 bridgehead atoms. The normalized spacial score (nSPS) is 16.2. The maximum atomic E-state index is 11.5. The molecule has 98 valence electrons. The van der Waals surface area contributed by atoms with Gasteiger partial charge in [-0.05, 0) is 19.9 Å². The fourth-order valence-electron chi connectivity index (χ4n) is 2.00. The van der Waals surface area contributed by atoms with E-state index >= 15 is 0 Å². The molecule has 0 heterocycles. The number of carbonyl (C=O) groups is 2. The number of amides is 3. The Kier molecular flexibility index (Phi) is 5.93. The fourth-order valence-corrected chi connectivity index (χ4v) is 2.00. The third-order valence-corrected chi connectivity index (χ3v) is 2.87. The van der Waals surface area contributed by atoms with Crippen LogP contribution in [0.1, 0.15) is 25.7 Å². The van der Waals surface area contributed by atoms with Crippen molar-refractivity contribution in [1.82, 2.24) is 15.5 Å². The van der Waals surface area contributed by atoms with E-state index in [4.69, 9.17) is 5.73 Å². The number of carbonyl (C=O) groups excluding carboxylic acids is 2. The Labute approximate surface area is 102 Å². The molecule has 1 aliphatic carbocycles. The van der Waals surface area contributed by atoms with Gasteiger partial charge in [-0.3, -0.25) is 15.0 Å². The highest BCUT2D eigenvalue weighted by atomic mass is 16.2. The van der Waals surface area contributed by atoms with Crippen LogP contribution in [0.2, 0.25) is 0 Å². The Morgan fingerprint density at radius 1 is 1.35 bits per heavy atom. The summed E-state index contributed by atoms with van der Waals surface area (Å²) in [6.45, 7) is 1.32. The van der Waals surface area contributed by atoms with Crippen LogP contribution in [-0.2, 0) is 4.79 Å². The first-order valence-electron chi connectivity index (χ1n) is 6.10. The molecule has 0 saturated heterocycles. The molecule has 3 amide bonds. The van der Waals surface area contributed by atoms with Crippen molar-refractivity contribution in [2.75, 3.05) is 26.7 Å². The average Bonchev–Trinajstić information content (AvgIpc) is 2.69. The number of likely N-dealkylation sites (N-methyl/N-ethyl adjacent to an activating group) is 1. The lowest BCUT2D eigenvalue weighted by atomic mass is 10.2. The summed E-state index contributed by atoms with van der Waals surface area (Å²) in [5, 5.41) is 5.13. The molecule has 0 unspecified atom stereocenters. The average molecular weight is 242 g/mol. The molecule has 4 N–H and O–H groups in total. The summed E-state index contributed by atoms with van der Waals surface area (Å²) in [6.07, 6.45) is 4.32. The van der Waals surface area contributed by atoms with E-state index in [-0.39, 0.29) is 24.5 Å². The molecule has 0 aromatic heterocycles. The van der Waals surface area contributed by atoms with Crippen molar-refractivity contribution < 1.29 is 9.59 Å². The van der Waals surface area contributed by atoms with E-state index in [2.05, 4.69) is 10.6 Å². The van der Waals surface area contributed by atoms with Crippen molar-refractivity contribution >= 4 is 11.9 Å². The number of nitrogens with zero attached hydrogens (tertiary/aromatic N) is 1. The zero-order valence-electron chi connectivity index (χ0n) is 10.4. The van der Waals surface area contributed by atoms with Gasteiger partial charge < -0.3 is 11.1 Å². The van der Waals surface area contributed by atoms with Crippen LogP contribution < -0.4 is 16.4 Å². The molecular formula is C11H22N4O2. The topological polar surface area (TPSA) is 87.5 Å². The summed E-state index contributed by atoms with van der Waals surface area (Å²) in [6, 6.07) is -0.160. The summed E-state index contributed by atoms with van der Waals surface area (Å²) in [5.74, 6) is -0.295. The molecule has 0 radical (unpaired) electrons. The zero-order chi connectivity index (χ0) is 12.7. The van der Waals surface area contributed by atoms with Crippen LogP contribution in [0.5, 0.6) is 0 Å². The molecule has 0 atom stereocenters. The summed E-state index contributed by atoms with van der Waals surface area (Å²) in [5.41, 5.74) is 5.36. The minimum absolute atomic E-state index is 0.190. The van der Waals surface area contributed by atoms with Gasteiger partial charge in [-0.1, -0.05) is 12.8 Å². The zero-order valence-corrected chi connectivity index (χ0v) is 10.4. The summed E-state index contributed by atoms with van der Waals surface area (Å²) in [7, 11) is 1.79. The number of rotatable bonds is 5. The minimum atomic E-state index is -0.386. The SMILES string of the molecule is CN(CCN)CC(=O)NC(=O)NC1CCCC1. The van der Waals surface area contributed by atoms with Gasteiger partial charge in [0.05, 0.1) is 6.54 Å². The van der Waals surface area contributed by atoms with Gasteiger partial charge in [0.1, 0.15) is 0 Å². The van der Waals surface area contributed by atoms with Crippen molar-refractivity contribution in [3.63, 3.8) is 0 Å². The molecule has 1 fully saturated rings. The molecule has 0 aromatic rings. The van der Waals surface area contributed by atoms with E-state index in [0.717, 1.165) is 25.7 Å². The highest BCUT2D eigenvalue weighted by Gasteiger charge is 2.18. The molecule has 0 spiro atoms. The number of nitrogens with two attached hydrogens (primary N) is 1. The van der Waals surface area contributed by atoms with E-state index < -0.39 is 0 Å². The molecule has 0 aliphatic heterocycles. The van der Waals surface area contributed by atoms with Gasteiger partial charge in [0.2, 0.25) is 5.91 Å². The van der Waals surface area contributed by atoms with Crippen molar-refractivity contribution in [1.29, 1.82) is 0 Å². The first-order chi connectivity index (χ1) is 8.11. The molecule has 1 aliphatic rings. The molecule has 1 rings (SSSR count). The van der Waals surface area contributed by atoms with Crippen molar-refractivity contribution in [3.05, 3.63) is 0 Å². The van der Waals surface area contributed by atoms with Crippen LogP contribution in [0.25, 0.3) is 0 Å². The van der Waals surface area contributed by atoms with Gasteiger partial charge in [-0.2, -0.15) is 0 Å². The maximum absolute atomic E-state index is 11.5. The Morgan fingerprint density at radius 2 is 2.00 bits per heavy atom. The fraction of sp³-hybridized carbons (Fsp3) is 0.818. The maximum Gasteiger partial charge on any atom is 0.321 e. The number of hydrogen-bond donors (Lipinski definition) is 3. The molecule has 17 heavy (non-hydrogen) atoms. The third-order valence-electron chi connectivity index (χ3n) is 2.87. The molecule has 0 aromatic carbocycles. The lowest BCUT2D eigenvalue weighted by Gasteiger charge is -2.16. The number of imide groups is 1. The standard InChI is InChI=1S/C11H22N4O2/c1-15(7-6-12)8-10(16)14-11(17)13-9-4-2-3-5-9/h9H,2-8,12H2,1H3,(H2,13,14,16,17). The second-order valence-electron chi connectivity index (χ2n) is 4.53. The molecular weight excluding hydrogens is 220 g/mol. The van der Waals surface area contributed by atoms with Crippen LogP contribution >= 0.6 is 0 Å². The minimum Gasteiger partial charge on any atom is -0.335 e. The Hall–Kier alpha value is -1.14. The van der Waals surface area contributed by atoms with Crippen LogP contribution in [-0.4, -0.2) is 49.6 Å². The summed E-state index contributed by atoms with van der Waals surface area (Å²) >= 11 is 0. The summed E-state index contributed by atoms with van der Waals surface area (Å²) < 4.78 is 0. The van der Waals surface area contributed by atoms with Gasteiger partial charge in [-0.25, -0.2) is 4.79 Å². The lowest BCUT2D eigenvalue weighted by molar-refractivity contribution is -0.120. The quantitative estimate of drug-likeness (QED) is 0.614. The van der Waals surface area contributed by atoms with Crippen LogP contribution in [0.3, 0.4) is 0 Å². The first kappa shape index (κ1) is 13.9. The second kappa shape index (κ2) is 7.24. The Balaban J connectivity index is 2.18. The van der Waals surface area contributed by atoms with E-state index in [9.17, 15) is 9.59 Å². The van der Waals surface area contributed by atoms with Gasteiger partial charge in [-0.15, -0.1) is 0 Å². The number of urea groups is 1. The van der Waals surface area contributed by atoms with Crippen LogP contribution in [0.15, 0.2) is 0 Å². The smallest absolute Gasteiger partial charge is 0.321 e. The van der Waals surface area contributed by atoms with E-state index in [1.807, 2.05) is 0 Å². The number of hydrogen-bond acceptors (Lipinski definition) is 4. The Bertz CT molecular complexity index is 264. The highest BCUT2D eigenvalue weighted by Crippen LogP contribution is 2.17. The first-order valence-corrected chi connectivity index (χ1v) is 6.10. The second-order valence-corrected chi connectivity index (χ2v) is 4.53. The van der Waals surface area contributed by atoms with Crippen LogP contribution in [0.4, 0.5) is 4.79 Å². The van der Waals surface area contributed by atoms with Gasteiger partial charge in [0, 0.05) is 19.1 Å². The molecule has 6 heteroatoms. The lowest BCUT2D eigenvalue weighted by Crippen LogP contribution is -2.46. The van der Waals surface area contributed by atoms with Crippen molar-refractivity contribution in [2.45, 2.75) is 31.7 Å². The predicted molar refractivity (Wildman–Crippen MR) is 65.5 cm³/mol. The summed E-state index contributed by atoms with van der Waals surface area (Å²) in [4.78, 5) is 24.7. The van der Waals surface area contributed by atoms with E-state index in [0.29, 0.717) is 13.1 Å².